The van der Waals surface area contributed by atoms with E-state index in [2.05, 4.69) is 4.99 Å². The third kappa shape index (κ3) is 3.21. The predicted molar refractivity (Wildman–Crippen MR) is 71.3 cm³/mol. The SMILES string of the molecule is Cc1cccc(C)c1N=Cc1ccccc1O.[Co]. The van der Waals surface area contributed by atoms with Crippen molar-refractivity contribution in [1.29, 1.82) is 0 Å². The molecule has 2 rings (SSSR count). The summed E-state index contributed by atoms with van der Waals surface area (Å²) in [5, 5.41) is 9.64. The maximum atomic E-state index is 9.64. The molecule has 0 unspecified atom stereocenters. The first-order chi connectivity index (χ1) is 8.18. The number of phenolic OH excluding ortho intramolecular Hbond substituents is 1. The number of hydrogen-bond donors (Lipinski definition) is 1. The maximum absolute atomic E-state index is 9.64. The van der Waals surface area contributed by atoms with Gasteiger partial charge in [0.1, 0.15) is 5.75 Å². The molecule has 0 fully saturated rings. The molecule has 0 saturated heterocycles. The van der Waals surface area contributed by atoms with Crippen LogP contribution in [-0.4, -0.2) is 11.3 Å². The van der Waals surface area contributed by atoms with Crippen LogP contribution in [0.25, 0.3) is 0 Å². The van der Waals surface area contributed by atoms with Gasteiger partial charge in [0.15, 0.2) is 0 Å². The van der Waals surface area contributed by atoms with E-state index in [4.69, 9.17) is 0 Å². The molecule has 18 heavy (non-hydrogen) atoms. The summed E-state index contributed by atoms with van der Waals surface area (Å²) in [7, 11) is 0. The molecule has 2 aromatic rings. The molecule has 0 aliphatic rings. The van der Waals surface area contributed by atoms with Gasteiger partial charge in [0.25, 0.3) is 0 Å². The van der Waals surface area contributed by atoms with Crippen LogP contribution in [0.2, 0.25) is 0 Å². The molecule has 0 aromatic heterocycles. The van der Waals surface area contributed by atoms with Crippen molar-refractivity contribution in [3.63, 3.8) is 0 Å². The molecule has 0 heterocycles. The van der Waals surface area contributed by atoms with Crippen LogP contribution in [0.15, 0.2) is 47.5 Å². The quantitative estimate of drug-likeness (QED) is 0.837. The molecule has 0 spiro atoms. The van der Waals surface area contributed by atoms with Crippen LogP contribution >= 0.6 is 0 Å². The van der Waals surface area contributed by atoms with Gasteiger partial charge in [-0.2, -0.15) is 0 Å². The van der Waals surface area contributed by atoms with Crippen molar-refractivity contribution in [2.75, 3.05) is 0 Å². The summed E-state index contributed by atoms with van der Waals surface area (Å²) in [4.78, 5) is 4.45. The van der Waals surface area contributed by atoms with E-state index in [9.17, 15) is 5.11 Å². The molecule has 95 valence electrons. The molecular weight excluding hydrogens is 269 g/mol. The largest absolute Gasteiger partial charge is 0.507 e. The Balaban J connectivity index is 0.00000162. The third-order valence-corrected chi connectivity index (χ3v) is 2.71. The Hall–Kier alpha value is -1.58. The van der Waals surface area contributed by atoms with Crippen molar-refractivity contribution >= 4 is 11.9 Å². The van der Waals surface area contributed by atoms with Crippen molar-refractivity contribution in [3.05, 3.63) is 59.2 Å². The second-order valence-corrected chi connectivity index (χ2v) is 4.06. The summed E-state index contributed by atoms with van der Waals surface area (Å²) in [6, 6.07) is 13.3. The number of rotatable bonds is 2. The fourth-order valence-electron chi connectivity index (χ4n) is 1.74. The first-order valence-corrected chi connectivity index (χ1v) is 5.57. The summed E-state index contributed by atoms with van der Waals surface area (Å²) in [5.74, 6) is 0.252. The normalized spacial score (nSPS) is 10.3. The minimum absolute atomic E-state index is 0. The molecule has 0 amide bonds. The number of aliphatic imine (C=N–C) groups is 1. The fourth-order valence-corrected chi connectivity index (χ4v) is 1.74. The van der Waals surface area contributed by atoms with Crippen molar-refractivity contribution in [3.8, 4) is 5.75 Å². The number of hydrogen-bond acceptors (Lipinski definition) is 2. The molecule has 0 saturated carbocycles. The van der Waals surface area contributed by atoms with Crippen LogP contribution in [-0.2, 0) is 16.8 Å². The molecule has 3 heteroatoms. The molecule has 0 atom stereocenters. The van der Waals surface area contributed by atoms with Crippen LogP contribution < -0.4 is 0 Å². The summed E-state index contributed by atoms with van der Waals surface area (Å²) in [5.41, 5.74) is 3.97. The van der Waals surface area contributed by atoms with Crippen LogP contribution in [0.1, 0.15) is 16.7 Å². The minimum atomic E-state index is 0. The Morgan fingerprint density at radius 2 is 1.56 bits per heavy atom. The van der Waals surface area contributed by atoms with E-state index < -0.39 is 0 Å². The van der Waals surface area contributed by atoms with Gasteiger partial charge in [-0.05, 0) is 37.1 Å². The smallest absolute Gasteiger partial charge is 0.124 e. The van der Waals surface area contributed by atoms with Crippen LogP contribution in [0.3, 0.4) is 0 Å². The summed E-state index contributed by atoms with van der Waals surface area (Å²) >= 11 is 0. The van der Waals surface area contributed by atoms with Gasteiger partial charge in [0.2, 0.25) is 0 Å². The molecule has 0 aliphatic carbocycles. The van der Waals surface area contributed by atoms with Crippen molar-refractivity contribution in [1.82, 2.24) is 0 Å². The van der Waals surface area contributed by atoms with E-state index in [0.29, 0.717) is 0 Å². The zero-order chi connectivity index (χ0) is 12.3. The van der Waals surface area contributed by atoms with E-state index >= 15 is 0 Å². The van der Waals surface area contributed by atoms with Crippen LogP contribution in [0, 0.1) is 13.8 Å². The number of aryl methyl sites for hydroxylation is 2. The zero-order valence-electron chi connectivity index (χ0n) is 10.3. The number of phenols is 1. The van der Waals surface area contributed by atoms with Gasteiger partial charge in [0.05, 0.1) is 5.69 Å². The van der Waals surface area contributed by atoms with Crippen LogP contribution in [0.4, 0.5) is 5.69 Å². The van der Waals surface area contributed by atoms with Crippen molar-refractivity contribution in [2.45, 2.75) is 13.8 Å². The standard InChI is InChI=1S/C15H15NO.Co/c1-11-6-5-7-12(2)15(11)16-10-13-8-3-4-9-14(13)17;/h3-10,17H,1-2H3;. The van der Waals surface area contributed by atoms with Gasteiger partial charge in [-0.25, -0.2) is 0 Å². The molecule has 1 N–H and O–H groups in total. The number of nitrogens with zero attached hydrogens (tertiary/aromatic N) is 1. The first kappa shape index (κ1) is 14.5. The van der Waals surface area contributed by atoms with Crippen molar-refractivity contribution < 1.29 is 21.9 Å². The summed E-state index contributed by atoms with van der Waals surface area (Å²) in [6.07, 6.45) is 1.70. The van der Waals surface area contributed by atoms with Gasteiger partial charge >= 0.3 is 0 Å². The fraction of sp³-hybridized carbons (Fsp3) is 0.133. The molecule has 0 bridgehead atoms. The number of benzene rings is 2. The van der Waals surface area contributed by atoms with Gasteiger partial charge in [-0.15, -0.1) is 0 Å². The molecule has 0 aliphatic heterocycles. The Kier molecular flexibility index (Phi) is 5.13. The van der Waals surface area contributed by atoms with Gasteiger partial charge in [-0.1, -0.05) is 30.3 Å². The predicted octanol–water partition coefficient (Wildman–Crippen LogP) is 3.76. The van der Waals surface area contributed by atoms with Gasteiger partial charge in [0, 0.05) is 28.6 Å². The van der Waals surface area contributed by atoms with E-state index in [1.54, 1.807) is 18.3 Å². The van der Waals surface area contributed by atoms with Gasteiger partial charge in [-0.3, -0.25) is 4.99 Å². The average Bonchev–Trinajstić information content (AvgIpc) is 2.30. The first-order valence-electron chi connectivity index (χ1n) is 5.57. The Labute approximate surface area is 118 Å². The van der Waals surface area contributed by atoms with E-state index in [1.807, 2.05) is 44.2 Å². The Morgan fingerprint density at radius 1 is 0.944 bits per heavy atom. The summed E-state index contributed by atoms with van der Waals surface area (Å²) < 4.78 is 0. The monoisotopic (exact) mass is 284 g/mol. The topological polar surface area (TPSA) is 32.6 Å². The van der Waals surface area contributed by atoms with E-state index in [0.717, 1.165) is 22.4 Å². The second kappa shape index (κ2) is 6.38. The maximum Gasteiger partial charge on any atom is 0.124 e. The number of aromatic hydroxyl groups is 1. The number of para-hydroxylation sites is 2. The minimum Gasteiger partial charge on any atom is -0.507 e. The zero-order valence-corrected chi connectivity index (χ0v) is 11.4. The molecule has 2 nitrogen and oxygen atoms in total. The Bertz CT molecular complexity index is 544. The van der Waals surface area contributed by atoms with Crippen molar-refractivity contribution in [2.24, 2.45) is 4.99 Å². The second-order valence-electron chi connectivity index (χ2n) is 4.06. The Morgan fingerprint density at radius 3 is 2.17 bits per heavy atom. The summed E-state index contributed by atoms with van der Waals surface area (Å²) in [6.45, 7) is 4.06. The third-order valence-electron chi connectivity index (χ3n) is 2.71. The van der Waals surface area contributed by atoms with E-state index in [-0.39, 0.29) is 22.5 Å². The molecule has 1 radical (unpaired) electrons. The average molecular weight is 284 g/mol. The van der Waals surface area contributed by atoms with Crippen LogP contribution in [0.5, 0.6) is 5.75 Å². The molecular formula is C15H15CoNO. The molecule has 2 aromatic carbocycles. The van der Waals surface area contributed by atoms with E-state index in [1.165, 1.54) is 0 Å². The van der Waals surface area contributed by atoms with Gasteiger partial charge < -0.3 is 5.11 Å².